The van der Waals surface area contributed by atoms with Crippen LogP contribution in [0.5, 0.6) is 0 Å². The van der Waals surface area contributed by atoms with Crippen LogP contribution in [0.1, 0.15) is 83.8 Å². The molecule has 1 unspecified atom stereocenters. The number of nitrogens with one attached hydrogen (secondary N) is 1. The summed E-state index contributed by atoms with van der Waals surface area (Å²) in [4.78, 5) is 13.3. The Bertz CT molecular complexity index is 1360. The number of allylic oxidation sites excluding steroid dienone is 1. The number of carbonyl (C=O) groups excluding carboxylic acids is 1. The van der Waals surface area contributed by atoms with Gasteiger partial charge in [0.05, 0.1) is 7.11 Å². The molecule has 2 aliphatic carbocycles. The number of unbranched alkanes of at least 4 members (excludes halogenated alkanes) is 1. The van der Waals surface area contributed by atoms with E-state index in [2.05, 4.69) is 88.3 Å². The van der Waals surface area contributed by atoms with Crippen molar-refractivity contribution in [3.8, 4) is 11.8 Å². The highest BCUT2D eigenvalue weighted by Gasteiger charge is 2.52. The first-order valence-corrected chi connectivity index (χ1v) is 18.7. The number of hydrogen-bond acceptors (Lipinski definition) is 4. The number of esters is 1. The molecule has 1 atom stereocenters. The van der Waals surface area contributed by atoms with Gasteiger partial charge in [-0.15, -0.1) is 5.92 Å². The Labute approximate surface area is 259 Å². The third-order valence-electron chi connectivity index (χ3n) is 9.76. The van der Waals surface area contributed by atoms with E-state index in [1.165, 1.54) is 23.8 Å². The van der Waals surface area contributed by atoms with Gasteiger partial charge in [-0.1, -0.05) is 87.2 Å². The molecular weight excluding hydrogens is 558 g/mol. The number of halogens is 1. The molecule has 1 fully saturated rings. The van der Waals surface area contributed by atoms with E-state index in [1.54, 1.807) is 0 Å². The van der Waals surface area contributed by atoms with Crippen molar-refractivity contribution >= 4 is 37.7 Å². The van der Waals surface area contributed by atoms with E-state index < -0.39 is 13.9 Å². The molecule has 0 saturated heterocycles. The van der Waals surface area contributed by atoms with Gasteiger partial charge in [0.1, 0.15) is 5.54 Å². The highest BCUT2D eigenvalue weighted by Crippen LogP contribution is 2.55. The van der Waals surface area contributed by atoms with Crippen LogP contribution in [0.15, 0.2) is 54.1 Å². The highest BCUT2D eigenvalue weighted by atomic mass is 35.5. The normalized spacial score (nSPS) is 22.5. The monoisotopic (exact) mass is 605 g/mol. The van der Waals surface area contributed by atoms with Gasteiger partial charge in [0.2, 0.25) is 0 Å². The number of methoxy groups -OCH3 is 1. The van der Waals surface area contributed by atoms with Gasteiger partial charge < -0.3 is 14.5 Å². The zero-order chi connectivity index (χ0) is 30.6. The number of hydrogen-bond donors (Lipinski definition) is 1. The molecular formula is C36H48ClNO3Si. The number of rotatable bonds is 9. The Balaban J connectivity index is 1.63. The van der Waals surface area contributed by atoms with Gasteiger partial charge in [0, 0.05) is 35.1 Å². The topological polar surface area (TPSA) is 47.6 Å². The molecule has 1 N–H and O–H groups in total. The van der Waals surface area contributed by atoms with Crippen molar-refractivity contribution in [2.75, 3.05) is 19.0 Å². The second-order valence-corrected chi connectivity index (χ2v) is 18.8. The lowest BCUT2D eigenvalue weighted by atomic mass is 9.61. The lowest BCUT2D eigenvalue weighted by Crippen LogP contribution is -2.52. The fourth-order valence-corrected chi connectivity index (χ4v) is 7.45. The fourth-order valence-electron chi connectivity index (χ4n) is 6.21. The summed E-state index contributed by atoms with van der Waals surface area (Å²) < 4.78 is 12.1. The average molecular weight is 606 g/mol. The Morgan fingerprint density at radius 3 is 2.45 bits per heavy atom. The maximum absolute atomic E-state index is 13.3. The smallest absolute Gasteiger partial charge is 0.331 e. The molecule has 2 aromatic carbocycles. The molecule has 226 valence electrons. The Hall–Kier alpha value is -2.52. The summed E-state index contributed by atoms with van der Waals surface area (Å²) in [5.41, 5.74) is 3.96. The van der Waals surface area contributed by atoms with E-state index in [0.29, 0.717) is 24.5 Å². The van der Waals surface area contributed by atoms with Gasteiger partial charge in [0.25, 0.3) is 0 Å². The van der Waals surface area contributed by atoms with Gasteiger partial charge in [0.15, 0.2) is 8.32 Å². The first kappa shape index (κ1) is 32.4. The van der Waals surface area contributed by atoms with Crippen molar-refractivity contribution in [1.29, 1.82) is 0 Å². The zero-order valence-corrected chi connectivity index (χ0v) is 28.3. The second kappa shape index (κ2) is 13.0. The summed E-state index contributed by atoms with van der Waals surface area (Å²) in [6.45, 7) is 14.3. The van der Waals surface area contributed by atoms with Crippen LogP contribution in [-0.2, 0) is 19.4 Å². The van der Waals surface area contributed by atoms with Crippen molar-refractivity contribution < 1.29 is 14.0 Å². The SMILES string of the molecule is CCCC#CC(CO[Si](C)(C)C(C)(C)C)CC1=Cc2ccccc2C12CCC(Nc1cccc(Cl)c1)(C(=O)OC)CC2. The van der Waals surface area contributed by atoms with Gasteiger partial charge >= 0.3 is 5.97 Å². The predicted molar refractivity (Wildman–Crippen MR) is 178 cm³/mol. The number of benzene rings is 2. The maximum Gasteiger partial charge on any atom is 0.331 e. The van der Waals surface area contributed by atoms with Crippen molar-refractivity contribution in [3.63, 3.8) is 0 Å². The quantitative estimate of drug-likeness (QED) is 0.176. The molecule has 0 amide bonds. The van der Waals surface area contributed by atoms with Crippen molar-refractivity contribution in [1.82, 2.24) is 0 Å². The summed E-state index contributed by atoms with van der Waals surface area (Å²) >= 11 is 6.29. The molecule has 2 aromatic rings. The lowest BCUT2D eigenvalue weighted by molar-refractivity contribution is -0.147. The zero-order valence-electron chi connectivity index (χ0n) is 26.5. The molecule has 6 heteroatoms. The number of fused-ring (bicyclic) bond motifs is 2. The van der Waals surface area contributed by atoms with Gasteiger partial charge in [-0.25, -0.2) is 4.79 Å². The lowest BCUT2D eigenvalue weighted by Gasteiger charge is -2.46. The Morgan fingerprint density at radius 1 is 1.10 bits per heavy atom. The summed E-state index contributed by atoms with van der Waals surface area (Å²) in [5.74, 6) is 6.95. The molecule has 4 rings (SSSR count). The predicted octanol–water partition coefficient (Wildman–Crippen LogP) is 9.40. The molecule has 0 radical (unpaired) electrons. The first-order valence-electron chi connectivity index (χ1n) is 15.4. The molecule has 1 saturated carbocycles. The highest BCUT2D eigenvalue weighted by molar-refractivity contribution is 6.74. The van der Waals surface area contributed by atoms with Crippen molar-refractivity contribution in [2.24, 2.45) is 5.92 Å². The number of carbonyl (C=O) groups is 1. The van der Waals surface area contributed by atoms with E-state index in [-0.39, 0.29) is 22.3 Å². The van der Waals surface area contributed by atoms with Crippen LogP contribution in [0.3, 0.4) is 0 Å². The summed E-state index contributed by atoms with van der Waals surface area (Å²) in [7, 11) is -0.438. The third-order valence-corrected chi connectivity index (χ3v) is 14.5. The van der Waals surface area contributed by atoms with Crippen LogP contribution in [0.4, 0.5) is 5.69 Å². The Morgan fingerprint density at radius 2 is 1.81 bits per heavy atom. The van der Waals surface area contributed by atoms with E-state index in [4.69, 9.17) is 20.8 Å². The summed E-state index contributed by atoms with van der Waals surface area (Å²) in [6.07, 6.45) is 8.22. The number of ether oxygens (including phenoxy) is 1. The minimum absolute atomic E-state index is 0.125. The van der Waals surface area contributed by atoms with Gasteiger partial charge in [-0.2, -0.15) is 0 Å². The van der Waals surface area contributed by atoms with E-state index in [1.807, 2.05) is 24.3 Å². The molecule has 1 spiro atoms. The Kier molecular flexibility index (Phi) is 10.0. The molecule has 4 nitrogen and oxygen atoms in total. The van der Waals surface area contributed by atoms with E-state index in [9.17, 15) is 4.79 Å². The van der Waals surface area contributed by atoms with Gasteiger partial charge in [-0.3, -0.25) is 0 Å². The van der Waals surface area contributed by atoms with Crippen LogP contribution in [0, 0.1) is 17.8 Å². The van der Waals surface area contributed by atoms with Crippen LogP contribution < -0.4 is 5.32 Å². The van der Waals surface area contributed by atoms with E-state index in [0.717, 1.165) is 37.8 Å². The molecule has 2 aliphatic rings. The first-order chi connectivity index (χ1) is 19.9. The maximum atomic E-state index is 13.3. The third kappa shape index (κ3) is 6.82. The molecule has 0 heterocycles. The minimum Gasteiger partial charge on any atom is -0.467 e. The largest absolute Gasteiger partial charge is 0.467 e. The van der Waals surface area contributed by atoms with Gasteiger partial charge in [-0.05, 0) is 86.0 Å². The minimum atomic E-state index is -1.92. The molecule has 0 aromatic heterocycles. The van der Waals surface area contributed by atoms with E-state index >= 15 is 0 Å². The molecule has 42 heavy (non-hydrogen) atoms. The van der Waals surface area contributed by atoms with Crippen molar-refractivity contribution in [3.05, 3.63) is 70.3 Å². The number of anilines is 1. The summed E-state index contributed by atoms with van der Waals surface area (Å²) in [6, 6.07) is 16.3. The van der Waals surface area contributed by atoms with Crippen LogP contribution >= 0.6 is 11.6 Å². The van der Waals surface area contributed by atoms with Crippen LogP contribution in [0.2, 0.25) is 23.2 Å². The van der Waals surface area contributed by atoms with Crippen LogP contribution in [-0.4, -0.2) is 33.5 Å². The second-order valence-electron chi connectivity index (χ2n) is 13.6. The fraction of sp³-hybridized carbons (Fsp3) is 0.528. The van der Waals surface area contributed by atoms with Crippen molar-refractivity contribution in [2.45, 2.75) is 102 Å². The molecule has 0 aliphatic heterocycles. The standard InChI is InChI=1S/C36H48ClNO3Si/c1-8-9-10-14-27(26-41-42(6,7)34(2,3)4)23-29-24-28-15-11-12-18-32(28)35(29)19-21-36(22-20-35,33(39)40-5)38-31-17-13-16-30(37)25-31/h11-13,15-18,24-25,27,38H,8-9,19-23,26H2,1-7H3. The summed E-state index contributed by atoms with van der Waals surface area (Å²) in [5, 5.41) is 4.33. The average Bonchev–Trinajstić information content (AvgIpc) is 3.24. The molecule has 0 bridgehead atoms. The van der Waals surface area contributed by atoms with Crippen LogP contribution in [0.25, 0.3) is 6.08 Å².